The van der Waals surface area contributed by atoms with E-state index in [1.54, 1.807) is 0 Å². The van der Waals surface area contributed by atoms with Gasteiger partial charge in [0.15, 0.2) is 0 Å². The van der Waals surface area contributed by atoms with Crippen LogP contribution in [0.5, 0.6) is 0 Å². The van der Waals surface area contributed by atoms with Gasteiger partial charge >= 0.3 is 17.9 Å². The predicted octanol–water partition coefficient (Wildman–Crippen LogP) is -0.548. The standard InChI is InChI=1S/C10H13NO7/c12-4-2-1-3-6(9(15)16)11-7(10(17)18)5-8(13)14/h4-6,11H,1-3H2,(H,13,14)(H,15,16)(H,17,18)/b7-5-/t6-/m0/s1. The Balaban J connectivity index is 4.72. The maximum absolute atomic E-state index is 10.8. The highest BCUT2D eigenvalue weighted by Crippen LogP contribution is 2.03. The van der Waals surface area contributed by atoms with Gasteiger partial charge in [0.05, 0.1) is 6.08 Å². The summed E-state index contributed by atoms with van der Waals surface area (Å²) in [6.07, 6.45) is 1.41. The molecule has 0 fully saturated rings. The van der Waals surface area contributed by atoms with Crippen LogP contribution in [-0.4, -0.2) is 45.6 Å². The number of carboxylic acid groups (broad SMARTS) is 3. The molecule has 0 aliphatic rings. The summed E-state index contributed by atoms with van der Waals surface area (Å²) in [7, 11) is 0. The molecule has 1 atom stereocenters. The second-order valence-corrected chi connectivity index (χ2v) is 3.33. The molecule has 8 heteroatoms. The van der Waals surface area contributed by atoms with Crippen LogP contribution < -0.4 is 5.32 Å². The Morgan fingerprint density at radius 2 is 1.78 bits per heavy atom. The topological polar surface area (TPSA) is 141 Å². The molecule has 0 aromatic carbocycles. The minimum atomic E-state index is -1.57. The van der Waals surface area contributed by atoms with Crippen LogP contribution in [-0.2, 0) is 19.2 Å². The number of rotatable bonds is 9. The lowest BCUT2D eigenvalue weighted by atomic mass is 10.1. The number of hydrogen-bond acceptors (Lipinski definition) is 5. The second-order valence-electron chi connectivity index (χ2n) is 3.33. The van der Waals surface area contributed by atoms with Crippen LogP contribution in [0.3, 0.4) is 0 Å². The molecule has 0 saturated carbocycles. The van der Waals surface area contributed by atoms with Crippen LogP contribution in [0, 0.1) is 0 Å². The molecule has 0 aromatic rings. The van der Waals surface area contributed by atoms with Crippen molar-refractivity contribution in [2.45, 2.75) is 25.3 Å². The van der Waals surface area contributed by atoms with Gasteiger partial charge in [-0.05, 0) is 12.8 Å². The molecular weight excluding hydrogens is 246 g/mol. The summed E-state index contributed by atoms with van der Waals surface area (Å²) >= 11 is 0. The number of carboxylic acids is 3. The fourth-order valence-electron chi connectivity index (χ4n) is 1.14. The average molecular weight is 259 g/mol. The fraction of sp³-hybridized carbons (Fsp3) is 0.400. The number of unbranched alkanes of at least 4 members (excludes halogenated alkanes) is 1. The van der Waals surface area contributed by atoms with E-state index in [1.807, 2.05) is 0 Å². The van der Waals surface area contributed by atoms with E-state index in [2.05, 4.69) is 5.32 Å². The van der Waals surface area contributed by atoms with Gasteiger partial charge in [-0.3, -0.25) is 0 Å². The van der Waals surface area contributed by atoms with Crippen molar-refractivity contribution in [3.05, 3.63) is 11.8 Å². The fourth-order valence-corrected chi connectivity index (χ4v) is 1.14. The highest BCUT2D eigenvalue weighted by molar-refractivity contribution is 5.94. The van der Waals surface area contributed by atoms with E-state index < -0.39 is 29.6 Å². The molecule has 0 saturated heterocycles. The molecule has 0 unspecified atom stereocenters. The normalized spacial score (nSPS) is 12.6. The zero-order valence-corrected chi connectivity index (χ0v) is 9.33. The molecule has 0 rings (SSSR count). The van der Waals surface area contributed by atoms with Crippen molar-refractivity contribution in [2.24, 2.45) is 0 Å². The van der Waals surface area contributed by atoms with E-state index in [-0.39, 0.29) is 19.3 Å². The van der Waals surface area contributed by atoms with Crippen molar-refractivity contribution in [1.82, 2.24) is 5.32 Å². The van der Waals surface area contributed by atoms with Crippen molar-refractivity contribution >= 4 is 24.2 Å². The first-order valence-corrected chi connectivity index (χ1v) is 4.99. The molecule has 0 aliphatic heterocycles. The molecule has 100 valence electrons. The van der Waals surface area contributed by atoms with Crippen LogP contribution in [0.2, 0.25) is 0 Å². The Labute approximate surface area is 102 Å². The summed E-state index contributed by atoms with van der Waals surface area (Å²) in [5.74, 6) is -4.39. The van der Waals surface area contributed by atoms with Crippen LogP contribution in [0.25, 0.3) is 0 Å². The van der Waals surface area contributed by atoms with Crippen molar-refractivity contribution in [1.29, 1.82) is 0 Å². The Hall–Kier alpha value is -2.38. The molecule has 0 bridgehead atoms. The van der Waals surface area contributed by atoms with E-state index in [0.29, 0.717) is 12.4 Å². The zero-order chi connectivity index (χ0) is 14.1. The first kappa shape index (κ1) is 15.6. The summed E-state index contributed by atoms with van der Waals surface area (Å²) in [5.41, 5.74) is -0.721. The van der Waals surface area contributed by atoms with Crippen LogP contribution >= 0.6 is 0 Å². The van der Waals surface area contributed by atoms with Crippen molar-refractivity contribution in [3.63, 3.8) is 0 Å². The van der Waals surface area contributed by atoms with Gasteiger partial charge in [0.25, 0.3) is 0 Å². The quantitative estimate of drug-likeness (QED) is 0.245. The molecule has 0 heterocycles. The predicted molar refractivity (Wildman–Crippen MR) is 57.8 cm³/mol. The highest BCUT2D eigenvalue weighted by Gasteiger charge is 2.21. The average Bonchev–Trinajstić information content (AvgIpc) is 2.25. The molecule has 4 N–H and O–H groups in total. The Morgan fingerprint density at radius 1 is 1.17 bits per heavy atom. The number of aliphatic carboxylic acids is 3. The van der Waals surface area contributed by atoms with Crippen molar-refractivity contribution < 1.29 is 34.5 Å². The largest absolute Gasteiger partial charge is 0.480 e. The summed E-state index contributed by atoms with van der Waals surface area (Å²) in [4.78, 5) is 41.9. The summed E-state index contributed by atoms with van der Waals surface area (Å²) in [6.45, 7) is 0. The molecule has 0 aliphatic carbocycles. The third-order valence-corrected chi connectivity index (χ3v) is 1.94. The first-order valence-electron chi connectivity index (χ1n) is 4.99. The van der Waals surface area contributed by atoms with Crippen molar-refractivity contribution in [2.75, 3.05) is 0 Å². The lowest BCUT2D eigenvalue weighted by Crippen LogP contribution is -2.38. The lowest BCUT2D eigenvalue weighted by Gasteiger charge is -2.15. The molecule has 18 heavy (non-hydrogen) atoms. The smallest absolute Gasteiger partial charge is 0.352 e. The maximum Gasteiger partial charge on any atom is 0.352 e. The van der Waals surface area contributed by atoms with E-state index in [4.69, 9.17) is 15.3 Å². The Bertz CT molecular complexity index is 374. The molecule has 8 nitrogen and oxygen atoms in total. The van der Waals surface area contributed by atoms with Gasteiger partial charge < -0.3 is 25.4 Å². The highest BCUT2D eigenvalue weighted by atomic mass is 16.4. The van der Waals surface area contributed by atoms with E-state index in [9.17, 15) is 19.2 Å². The number of hydrogen-bond donors (Lipinski definition) is 4. The van der Waals surface area contributed by atoms with Crippen LogP contribution in [0.4, 0.5) is 0 Å². The van der Waals surface area contributed by atoms with Crippen LogP contribution in [0.15, 0.2) is 11.8 Å². The van der Waals surface area contributed by atoms with Gasteiger partial charge in [0, 0.05) is 6.42 Å². The van der Waals surface area contributed by atoms with Gasteiger partial charge in [0.1, 0.15) is 18.0 Å². The van der Waals surface area contributed by atoms with E-state index in [1.165, 1.54) is 0 Å². The third-order valence-electron chi connectivity index (χ3n) is 1.94. The number of nitrogens with one attached hydrogen (secondary N) is 1. The number of aldehydes is 1. The molecule has 0 amide bonds. The molecule has 0 spiro atoms. The molecule has 0 radical (unpaired) electrons. The number of carbonyl (C=O) groups excluding carboxylic acids is 1. The van der Waals surface area contributed by atoms with Gasteiger partial charge in [0.2, 0.25) is 0 Å². The van der Waals surface area contributed by atoms with Gasteiger partial charge in [-0.15, -0.1) is 0 Å². The molecular formula is C10H13NO7. The number of carbonyl (C=O) groups is 4. The van der Waals surface area contributed by atoms with Gasteiger partial charge in [-0.1, -0.05) is 0 Å². The molecule has 0 aromatic heterocycles. The first-order chi connectivity index (χ1) is 8.38. The summed E-state index contributed by atoms with van der Waals surface area (Å²) in [5, 5.41) is 28.0. The summed E-state index contributed by atoms with van der Waals surface area (Å²) in [6, 6.07) is -1.26. The minimum Gasteiger partial charge on any atom is -0.480 e. The van der Waals surface area contributed by atoms with Gasteiger partial charge in [-0.25, -0.2) is 14.4 Å². The SMILES string of the molecule is O=CCCC[C@H](N/C(=C\C(=O)O)C(=O)O)C(=O)O. The lowest BCUT2D eigenvalue weighted by molar-refractivity contribution is -0.140. The minimum absolute atomic E-state index is 0.0122. The van der Waals surface area contributed by atoms with Crippen LogP contribution in [0.1, 0.15) is 19.3 Å². The Morgan fingerprint density at radius 3 is 2.17 bits per heavy atom. The second kappa shape index (κ2) is 7.82. The van der Waals surface area contributed by atoms with E-state index >= 15 is 0 Å². The summed E-state index contributed by atoms with van der Waals surface area (Å²) < 4.78 is 0. The third kappa shape index (κ3) is 6.26. The van der Waals surface area contributed by atoms with Crippen molar-refractivity contribution in [3.8, 4) is 0 Å². The Kier molecular flexibility index (Phi) is 6.79. The monoisotopic (exact) mass is 259 g/mol. The van der Waals surface area contributed by atoms with E-state index in [0.717, 1.165) is 0 Å². The maximum atomic E-state index is 10.8. The van der Waals surface area contributed by atoms with Gasteiger partial charge in [-0.2, -0.15) is 0 Å². The zero-order valence-electron chi connectivity index (χ0n) is 9.33.